The van der Waals surface area contributed by atoms with Crippen LogP contribution in [0, 0.1) is 0 Å². The lowest BCUT2D eigenvalue weighted by molar-refractivity contribution is 0.0733. The summed E-state index contributed by atoms with van der Waals surface area (Å²) in [4.78, 5) is 26.2. The fourth-order valence-electron chi connectivity index (χ4n) is 4.26. The summed E-state index contributed by atoms with van der Waals surface area (Å²) in [5.41, 5.74) is 0.121. The van der Waals surface area contributed by atoms with Crippen LogP contribution in [0.15, 0.2) is 88.3 Å². The van der Waals surface area contributed by atoms with E-state index in [0.717, 1.165) is 10.8 Å². The molecule has 204 valence electrons. The van der Waals surface area contributed by atoms with Gasteiger partial charge in [-0.15, -0.1) is 0 Å². The topological polar surface area (TPSA) is 93.4 Å². The summed E-state index contributed by atoms with van der Waals surface area (Å²) in [5.74, 6) is 1.32. The molecule has 0 fully saturated rings. The molecule has 0 spiro atoms. The first-order valence-corrected chi connectivity index (χ1v) is 13.0. The first-order chi connectivity index (χ1) is 19.5. The second kappa shape index (κ2) is 11.8. The standard InChI is InChI=1S/C32H28O8/c1-4-35-27-16-22(17-28(36-5-2)31(27)37-6-3)32(34)40-24-13-14-25-26(18-24)38-19-29(30(25)33)39-23-12-11-20-9-7-8-10-21(20)15-23/h7-19H,4-6H2,1-3H3. The van der Waals surface area contributed by atoms with Crippen molar-refractivity contribution in [3.8, 4) is 34.5 Å². The molecule has 4 aromatic carbocycles. The van der Waals surface area contributed by atoms with E-state index in [1.165, 1.54) is 24.5 Å². The van der Waals surface area contributed by atoms with Crippen LogP contribution in [0.3, 0.4) is 0 Å². The molecule has 0 aliphatic rings. The zero-order valence-electron chi connectivity index (χ0n) is 22.4. The number of esters is 1. The van der Waals surface area contributed by atoms with E-state index < -0.39 is 5.97 Å². The van der Waals surface area contributed by atoms with Crippen molar-refractivity contribution in [3.63, 3.8) is 0 Å². The molecule has 0 aliphatic heterocycles. The molecule has 0 aliphatic carbocycles. The third-order valence-electron chi connectivity index (χ3n) is 6.02. The lowest BCUT2D eigenvalue weighted by Gasteiger charge is -2.16. The number of hydrogen-bond donors (Lipinski definition) is 0. The van der Waals surface area contributed by atoms with E-state index in [2.05, 4.69) is 0 Å². The number of fused-ring (bicyclic) bond motifs is 2. The van der Waals surface area contributed by atoms with Gasteiger partial charge in [0.05, 0.1) is 30.8 Å². The maximum absolute atomic E-state index is 13.1. The Morgan fingerprint density at radius 2 is 1.40 bits per heavy atom. The van der Waals surface area contributed by atoms with Crippen molar-refractivity contribution in [2.45, 2.75) is 20.8 Å². The number of hydrogen-bond acceptors (Lipinski definition) is 8. The average molecular weight is 541 g/mol. The molecule has 5 rings (SSSR count). The molecule has 8 heteroatoms. The monoisotopic (exact) mass is 540 g/mol. The van der Waals surface area contributed by atoms with E-state index in [1.54, 1.807) is 18.2 Å². The number of benzene rings is 4. The van der Waals surface area contributed by atoms with Crippen molar-refractivity contribution in [3.05, 3.63) is 94.8 Å². The van der Waals surface area contributed by atoms with Crippen molar-refractivity contribution in [2.75, 3.05) is 19.8 Å². The van der Waals surface area contributed by atoms with Gasteiger partial charge in [-0.3, -0.25) is 4.79 Å². The zero-order chi connectivity index (χ0) is 28.1. The molecule has 0 saturated carbocycles. The lowest BCUT2D eigenvalue weighted by Crippen LogP contribution is -2.11. The van der Waals surface area contributed by atoms with E-state index in [4.69, 9.17) is 28.1 Å². The fourth-order valence-corrected chi connectivity index (χ4v) is 4.26. The van der Waals surface area contributed by atoms with Crippen LogP contribution in [0.1, 0.15) is 31.1 Å². The third-order valence-corrected chi connectivity index (χ3v) is 6.02. The van der Waals surface area contributed by atoms with Crippen LogP contribution >= 0.6 is 0 Å². The number of carbonyl (C=O) groups excluding carboxylic acids is 1. The zero-order valence-corrected chi connectivity index (χ0v) is 22.4. The quantitative estimate of drug-likeness (QED) is 0.136. The van der Waals surface area contributed by atoms with Crippen LogP contribution in [0.4, 0.5) is 0 Å². The first-order valence-electron chi connectivity index (χ1n) is 13.0. The number of carbonyl (C=O) groups is 1. The van der Waals surface area contributed by atoms with Gasteiger partial charge in [-0.1, -0.05) is 30.3 Å². The Morgan fingerprint density at radius 1 is 0.725 bits per heavy atom. The predicted octanol–water partition coefficient (Wildman–Crippen LogP) is 7.15. The highest BCUT2D eigenvalue weighted by molar-refractivity contribution is 5.93. The van der Waals surface area contributed by atoms with E-state index in [1.807, 2.05) is 57.2 Å². The summed E-state index contributed by atoms with van der Waals surface area (Å²) < 4.78 is 34.2. The smallest absolute Gasteiger partial charge is 0.343 e. The number of ether oxygens (including phenoxy) is 5. The highest BCUT2D eigenvalue weighted by atomic mass is 16.5. The molecule has 0 saturated heterocycles. The SMILES string of the molecule is CCOc1cc(C(=O)Oc2ccc3c(=O)c(Oc4ccc5ccccc5c4)coc3c2)cc(OCC)c1OCC. The Bertz CT molecular complexity index is 1710. The van der Waals surface area contributed by atoms with Crippen molar-refractivity contribution < 1.29 is 32.9 Å². The minimum absolute atomic E-state index is 0.0498. The molecule has 0 bridgehead atoms. The molecule has 0 amide bonds. The van der Waals surface area contributed by atoms with Crippen LogP contribution in [0.5, 0.6) is 34.5 Å². The molecule has 0 unspecified atom stereocenters. The van der Waals surface area contributed by atoms with Crippen LogP contribution in [-0.2, 0) is 0 Å². The van der Waals surface area contributed by atoms with Gasteiger partial charge in [0, 0.05) is 6.07 Å². The van der Waals surface area contributed by atoms with Gasteiger partial charge in [0.2, 0.25) is 16.9 Å². The van der Waals surface area contributed by atoms with Gasteiger partial charge in [0.15, 0.2) is 11.5 Å². The van der Waals surface area contributed by atoms with Gasteiger partial charge in [0.25, 0.3) is 0 Å². The Balaban J connectivity index is 1.39. The molecule has 1 aromatic heterocycles. The van der Waals surface area contributed by atoms with Gasteiger partial charge in [0.1, 0.15) is 23.3 Å². The van der Waals surface area contributed by atoms with E-state index in [0.29, 0.717) is 42.8 Å². The molecule has 5 aromatic rings. The van der Waals surface area contributed by atoms with Gasteiger partial charge in [-0.25, -0.2) is 4.79 Å². The highest BCUT2D eigenvalue weighted by Crippen LogP contribution is 2.39. The van der Waals surface area contributed by atoms with E-state index in [-0.39, 0.29) is 33.5 Å². The predicted molar refractivity (Wildman–Crippen MR) is 151 cm³/mol. The van der Waals surface area contributed by atoms with Gasteiger partial charge < -0.3 is 28.1 Å². The fraction of sp³-hybridized carbons (Fsp3) is 0.188. The molecule has 1 heterocycles. The molecular weight excluding hydrogens is 512 g/mol. The molecule has 0 atom stereocenters. The van der Waals surface area contributed by atoms with Crippen molar-refractivity contribution >= 4 is 27.7 Å². The maximum atomic E-state index is 13.1. The van der Waals surface area contributed by atoms with Crippen LogP contribution in [-0.4, -0.2) is 25.8 Å². The third kappa shape index (κ3) is 5.56. The maximum Gasteiger partial charge on any atom is 0.343 e. The summed E-state index contributed by atoms with van der Waals surface area (Å²) in [6.07, 6.45) is 1.25. The summed E-state index contributed by atoms with van der Waals surface area (Å²) >= 11 is 0. The van der Waals surface area contributed by atoms with Gasteiger partial charge in [-0.2, -0.15) is 0 Å². The summed E-state index contributed by atoms with van der Waals surface area (Å²) in [7, 11) is 0. The average Bonchev–Trinajstić information content (AvgIpc) is 2.96. The van der Waals surface area contributed by atoms with E-state index >= 15 is 0 Å². The molecule has 8 nitrogen and oxygen atoms in total. The first kappa shape index (κ1) is 26.6. The van der Waals surface area contributed by atoms with Crippen LogP contribution in [0.25, 0.3) is 21.7 Å². The summed E-state index contributed by atoms with van der Waals surface area (Å²) in [6.45, 7) is 6.68. The Labute approximate surface area is 230 Å². The van der Waals surface area contributed by atoms with Gasteiger partial charge >= 0.3 is 5.97 Å². The van der Waals surface area contributed by atoms with Crippen LogP contribution in [0.2, 0.25) is 0 Å². The van der Waals surface area contributed by atoms with Crippen LogP contribution < -0.4 is 29.1 Å². The van der Waals surface area contributed by atoms with Crippen molar-refractivity contribution in [1.29, 1.82) is 0 Å². The molecule has 0 radical (unpaired) electrons. The van der Waals surface area contributed by atoms with Crippen molar-refractivity contribution in [2.24, 2.45) is 0 Å². The Morgan fingerprint density at radius 3 is 2.10 bits per heavy atom. The Kier molecular flexibility index (Phi) is 7.87. The second-order valence-corrected chi connectivity index (χ2v) is 8.69. The highest BCUT2D eigenvalue weighted by Gasteiger charge is 2.20. The molecular formula is C32H28O8. The minimum Gasteiger partial charge on any atom is -0.490 e. The molecule has 40 heavy (non-hydrogen) atoms. The lowest BCUT2D eigenvalue weighted by atomic mass is 10.1. The number of rotatable bonds is 10. The largest absolute Gasteiger partial charge is 0.490 e. The summed E-state index contributed by atoms with van der Waals surface area (Å²) in [5, 5.41) is 2.35. The summed E-state index contributed by atoms with van der Waals surface area (Å²) in [6, 6.07) is 21.1. The van der Waals surface area contributed by atoms with E-state index in [9.17, 15) is 9.59 Å². The van der Waals surface area contributed by atoms with Crippen molar-refractivity contribution in [1.82, 2.24) is 0 Å². The van der Waals surface area contributed by atoms with Gasteiger partial charge in [-0.05, 0) is 67.9 Å². The normalized spacial score (nSPS) is 10.9. The Hall–Kier alpha value is -4.98. The second-order valence-electron chi connectivity index (χ2n) is 8.69. The minimum atomic E-state index is -0.636. The molecule has 0 N–H and O–H groups in total.